The number of nitrogens with one attached hydrogen (secondary N) is 1. The maximum absolute atomic E-state index is 4.62. The lowest BCUT2D eigenvalue weighted by atomic mass is 10.1. The number of thiophene rings is 1. The van der Waals surface area contributed by atoms with Crippen molar-refractivity contribution in [3.05, 3.63) is 66.1 Å². The van der Waals surface area contributed by atoms with Crippen LogP contribution >= 0.6 is 11.3 Å². The van der Waals surface area contributed by atoms with Crippen LogP contribution in [0.3, 0.4) is 0 Å². The van der Waals surface area contributed by atoms with E-state index in [0.29, 0.717) is 0 Å². The molecule has 0 radical (unpaired) electrons. The Labute approximate surface area is 154 Å². The van der Waals surface area contributed by atoms with Crippen LogP contribution in [-0.2, 0) is 0 Å². The molecule has 1 saturated carbocycles. The molecule has 6 rings (SSSR count). The molecule has 1 aromatic carbocycles. The van der Waals surface area contributed by atoms with E-state index >= 15 is 0 Å². The van der Waals surface area contributed by atoms with Crippen molar-refractivity contribution in [1.29, 1.82) is 0 Å². The Morgan fingerprint density at radius 2 is 1.96 bits per heavy atom. The van der Waals surface area contributed by atoms with E-state index < -0.39 is 0 Å². The lowest BCUT2D eigenvalue weighted by Gasteiger charge is -2.10. The number of pyridine rings is 2. The van der Waals surface area contributed by atoms with E-state index in [-0.39, 0.29) is 0 Å². The number of anilines is 2. The fourth-order valence-electron chi connectivity index (χ4n) is 3.65. The van der Waals surface area contributed by atoms with Crippen LogP contribution in [0.1, 0.15) is 24.3 Å². The van der Waals surface area contributed by atoms with Crippen molar-refractivity contribution < 1.29 is 0 Å². The van der Waals surface area contributed by atoms with E-state index in [1.807, 2.05) is 46.6 Å². The van der Waals surface area contributed by atoms with Crippen LogP contribution in [0.15, 0.2) is 60.5 Å². The Morgan fingerprint density at radius 3 is 2.88 bits per heavy atom. The van der Waals surface area contributed by atoms with E-state index in [9.17, 15) is 0 Å². The highest BCUT2D eigenvalue weighted by Gasteiger charge is 2.26. The molecule has 0 amide bonds. The fraction of sp³-hybridized carbons (Fsp3) is 0.143. The summed E-state index contributed by atoms with van der Waals surface area (Å²) in [5, 5.41) is 8.42. The van der Waals surface area contributed by atoms with E-state index in [2.05, 4.69) is 44.9 Å². The fourth-order valence-corrected chi connectivity index (χ4v) is 4.71. The van der Waals surface area contributed by atoms with Crippen LogP contribution in [0.25, 0.3) is 26.6 Å². The molecular formula is C21H16N4S. The minimum atomic E-state index is 0.767. The van der Waals surface area contributed by atoms with Crippen molar-refractivity contribution in [3.63, 3.8) is 0 Å². The molecule has 26 heavy (non-hydrogen) atoms. The maximum atomic E-state index is 4.62. The van der Waals surface area contributed by atoms with Gasteiger partial charge in [-0.3, -0.25) is 4.98 Å². The van der Waals surface area contributed by atoms with Crippen LogP contribution < -0.4 is 5.32 Å². The van der Waals surface area contributed by atoms with Gasteiger partial charge in [0.1, 0.15) is 5.65 Å². The predicted molar refractivity (Wildman–Crippen MR) is 108 cm³/mol. The van der Waals surface area contributed by atoms with Gasteiger partial charge in [-0.15, -0.1) is 11.3 Å². The first-order chi connectivity index (χ1) is 12.8. The van der Waals surface area contributed by atoms with Gasteiger partial charge in [0.2, 0.25) is 0 Å². The van der Waals surface area contributed by atoms with Crippen molar-refractivity contribution in [2.45, 2.75) is 18.8 Å². The second-order valence-corrected chi connectivity index (χ2v) is 7.83. The van der Waals surface area contributed by atoms with Gasteiger partial charge in [-0.25, -0.2) is 4.98 Å². The Bertz CT molecular complexity index is 1280. The molecule has 0 bridgehead atoms. The molecule has 5 aromatic rings. The zero-order valence-electron chi connectivity index (χ0n) is 14.0. The second kappa shape index (κ2) is 5.29. The summed E-state index contributed by atoms with van der Waals surface area (Å²) >= 11 is 1.85. The van der Waals surface area contributed by atoms with Gasteiger partial charge in [-0.1, -0.05) is 0 Å². The van der Waals surface area contributed by atoms with Crippen LogP contribution in [0.4, 0.5) is 11.4 Å². The second-order valence-electron chi connectivity index (χ2n) is 6.92. The number of hydrogen-bond acceptors (Lipinski definition) is 4. The summed E-state index contributed by atoms with van der Waals surface area (Å²) in [7, 11) is 0. The van der Waals surface area contributed by atoms with Crippen LogP contribution in [-0.4, -0.2) is 14.4 Å². The van der Waals surface area contributed by atoms with Crippen LogP contribution in [0, 0.1) is 0 Å². The third-order valence-corrected chi connectivity index (χ3v) is 6.12. The topological polar surface area (TPSA) is 42.2 Å². The number of aromatic nitrogens is 3. The highest BCUT2D eigenvalue weighted by atomic mass is 32.1. The Kier molecular flexibility index (Phi) is 2.90. The third kappa shape index (κ3) is 2.21. The molecule has 0 saturated heterocycles. The molecule has 4 heterocycles. The van der Waals surface area contributed by atoms with E-state index in [1.54, 1.807) is 0 Å². The first-order valence-electron chi connectivity index (χ1n) is 8.85. The summed E-state index contributed by atoms with van der Waals surface area (Å²) < 4.78 is 3.35. The zero-order chi connectivity index (χ0) is 17.1. The number of nitrogens with zero attached hydrogens (tertiary/aromatic N) is 3. The van der Waals surface area contributed by atoms with Gasteiger partial charge >= 0.3 is 0 Å². The predicted octanol–water partition coefficient (Wildman–Crippen LogP) is 5.72. The third-order valence-electron chi connectivity index (χ3n) is 5.16. The van der Waals surface area contributed by atoms with E-state index in [0.717, 1.165) is 33.8 Å². The number of benzene rings is 1. The van der Waals surface area contributed by atoms with Gasteiger partial charge in [0.25, 0.3) is 0 Å². The first-order valence-corrected chi connectivity index (χ1v) is 9.73. The van der Waals surface area contributed by atoms with Crippen molar-refractivity contribution in [3.8, 4) is 0 Å². The molecule has 1 fully saturated rings. The molecule has 0 aliphatic heterocycles. The molecule has 1 aliphatic carbocycles. The molecule has 0 atom stereocenters. The summed E-state index contributed by atoms with van der Waals surface area (Å²) in [6.45, 7) is 0. The number of imidazole rings is 1. The minimum absolute atomic E-state index is 0.767. The van der Waals surface area contributed by atoms with Gasteiger partial charge < -0.3 is 9.72 Å². The summed E-state index contributed by atoms with van der Waals surface area (Å²) in [5.74, 6) is 0.767. The Morgan fingerprint density at radius 1 is 1.00 bits per heavy atom. The highest BCUT2D eigenvalue weighted by Crippen LogP contribution is 2.46. The largest absolute Gasteiger partial charge is 0.355 e. The number of hydrogen-bond donors (Lipinski definition) is 1. The van der Waals surface area contributed by atoms with E-state index in [4.69, 9.17) is 0 Å². The molecule has 0 spiro atoms. The summed E-state index contributed by atoms with van der Waals surface area (Å²) in [6.07, 6.45) is 10.3. The maximum Gasteiger partial charge on any atom is 0.138 e. The molecule has 4 aromatic heterocycles. The minimum Gasteiger partial charge on any atom is -0.355 e. The standard InChI is InChI=1S/C21H16N4S/c1-2-13(1)17-12-26-20-11-16-18(3-5-22-19(16)10-15(17)20)24-14-4-7-25-8-6-23-21(25)9-14/h3-13H,1-2H2,(H,22,24). The molecule has 126 valence electrons. The molecule has 5 heteroatoms. The molecule has 0 unspecified atom stereocenters. The average Bonchev–Trinajstić information content (AvgIpc) is 3.25. The van der Waals surface area contributed by atoms with Gasteiger partial charge in [-0.05, 0) is 59.4 Å². The quantitative estimate of drug-likeness (QED) is 0.450. The van der Waals surface area contributed by atoms with Crippen molar-refractivity contribution in [2.75, 3.05) is 5.32 Å². The van der Waals surface area contributed by atoms with Crippen molar-refractivity contribution in [2.24, 2.45) is 0 Å². The summed E-state index contributed by atoms with van der Waals surface area (Å²) in [6, 6.07) is 10.7. The molecule has 4 nitrogen and oxygen atoms in total. The molecular weight excluding hydrogens is 340 g/mol. The Hall–Kier alpha value is -2.92. The average molecular weight is 356 g/mol. The highest BCUT2D eigenvalue weighted by molar-refractivity contribution is 7.17. The van der Waals surface area contributed by atoms with Gasteiger partial charge in [0.05, 0.1) is 5.52 Å². The SMILES string of the molecule is c1cc(Nc2ccn3ccnc3c2)c2cc3scc(C4CC4)c3cc2n1. The van der Waals surface area contributed by atoms with Crippen LogP contribution in [0.5, 0.6) is 0 Å². The van der Waals surface area contributed by atoms with Gasteiger partial charge in [0.15, 0.2) is 0 Å². The number of fused-ring (bicyclic) bond motifs is 3. The molecule has 1 N–H and O–H groups in total. The summed E-state index contributed by atoms with van der Waals surface area (Å²) in [5.41, 5.74) is 5.60. The number of rotatable bonds is 3. The van der Waals surface area contributed by atoms with Crippen LogP contribution in [0.2, 0.25) is 0 Å². The van der Waals surface area contributed by atoms with E-state index in [1.165, 1.54) is 28.5 Å². The lowest BCUT2D eigenvalue weighted by Crippen LogP contribution is -1.94. The first kappa shape index (κ1) is 14.3. The molecule has 1 aliphatic rings. The monoisotopic (exact) mass is 356 g/mol. The Balaban J connectivity index is 1.48. The van der Waals surface area contributed by atoms with Gasteiger partial charge in [-0.2, -0.15) is 0 Å². The zero-order valence-corrected chi connectivity index (χ0v) is 14.8. The van der Waals surface area contributed by atoms with Crippen molar-refractivity contribution in [1.82, 2.24) is 14.4 Å². The van der Waals surface area contributed by atoms with Crippen molar-refractivity contribution >= 4 is 49.3 Å². The lowest BCUT2D eigenvalue weighted by molar-refractivity contribution is 1.16. The smallest absolute Gasteiger partial charge is 0.138 e. The summed E-state index contributed by atoms with van der Waals surface area (Å²) in [4.78, 5) is 8.99. The van der Waals surface area contributed by atoms with Gasteiger partial charge in [0, 0.05) is 52.3 Å². The normalized spacial score (nSPS) is 14.5.